The van der Waals surface area contributed by atoms with Crippen LogP contribution in [-0.4, -0.2) is 19.4 Å². The Morgan fingerprint density at radius 3 is 2.44 bits per heavy atom. The average Bonchev–Trinajstić information content (AvgIpc) is 2.51. The zero-order chi connectivity index (χ0) is 12.6. The normalized spacial score (nSPS) is 15.1. The Morgan fingerprint density at radius 2 is 2.12 bits per heavy atom. The van der Waals surface area contributed by atoms with Crippen molar-refractivity contribution in [1.29, 1.82) is 0 Å². The van der Waals surface area contributed by atoms with Gasteiger partial charge in [0.25, 0.3) is 0 Å². The Hall–Kier alpha value is -0.140. The van der Waals surface area contributed by atoms with Crippen LogP contribution in [-0.2, 0) is 9.84 Å². The van der Waals surface area contributed by atoms with Gasteiger partial charge in [-0.1, -0.05) is 11.6 Å². The Balaban J connectivity index is 3.24. The second-order valence-corrected chi connectivity index (χ2v) is 8.06. The van der Waals surface area contributed by atoms with Crippen LogP contribution in [0.3, 0.4) is 0 Å². The molecule has 16 heavy (non-hydrogen) atoms. The van der Waals surface area contributed by atoms with E-state index in [1.807, 2.05) is 0 Å². The molecule has 3 N–H and O–H groups in total. The monoisotopic (exact) mass is 282 g/mol. The smallest absolute Gasteiger partial charge is 0.154 e. The topological polar surface area (TPSA) is 72.2 Å². The molecule has 0 bridgehead atoms. The van der Waals surface area contributed by atoms with Crippen LogP contribution in [0.5, 0.6) is 0 Å². The van der Waals surface area contributed by atoms with Crippen LogP contribution in [0.15, 0.2) is 11.4 Å². The molecule has 0 aromatic carbocycles. The molecule has 1 heterocycles. The highest BCUT2D eigenvalue weighted by Crippen LogP contribution is 2.38. The number of halogens is 1. The minimum Gasteiger partial charge on any atom is -0.271 e. The molecule has 0 radical (unpaired) electrons. The van der Waals surface area contributed by atoms with Crippen molar-refractivity contribution in [2.24, 2.45) is 5.84 Å². The number of hydrogen-bond acceptors (Lipinski definition) is 5. The SMILES string of the molecule is CC(C)(C(NN)c1sccc1Cl)S(C)(=O)=O. The summed E-state index contributed by atoms with van der Waals surface area (Å²) in [6.45, 7) is 3.26. The van der Waals surface area contributed by atoms with E-state index >= 15 is 0 Å². The Labute approximate surface area is 105 Å². The van der Waals surface area contributed by atoms with Crippen LogP contribution in [0.25, 0.3) is 0 Å². The van der Waals surface area contributed by atoms with Gasteiger partial charge in [0.1, 0.15) is 0 Å². The minimum absolute atomic E-state index is 0.519. The molecule has 0 aliphatic carbocycles. The second-order valence-electron chi connectivity index (χ2n) is 4.11. The molecule has 92 valence electrons. The first-order valence-electron chi connectivity index (χ1n) is 4.60. The fourth-order valence-electron chi connectivity index (χ4n) is 1.32. The van der Waals surface area contributed by atoms with E-state index in [4.69, 9.17) is 17.4 Å². The first-order chi connectivity index (χ1) is 7.21. The zero-order valence-electron chi connectivity index (χ0n) is 9.32. The molecular formula is C9H15ClN2O2S2. The highest BCUT2D eigenvalue weighted by atomic mass is 35.5. The molecule has 1 aromatic rings. The van der Waals surface area contributed by atoms with Crippen LogP contribution in [0.1, 0.15) is 24.8 Å². The summed E-state index contributed by atoms with van der Waals surface area (Å²) in [5.41, 5.74) is 2.54. The van der Waals surface area contributed by atoms with Crippen molar-refractivity contribution in [1.82, 2.24) is 5.43 Å². The summed E-state index contributed by atoms with van der Waals surface area (Å²) in [5.74, 6) is 5.45. The molecule has 1 atom stereocenters. The van der Waals surface area contributed by atoms with E-state index in [0.29, 0.717) is 5.02 Å². The Bertz CT molecular complexity index is 468. The van der Waals surface area contributed by atoms with E-state index in [2.05, 4.69) is 5.43 Å². The van der Waals surface area contributed by atoms with Gasteiger partial charge in [-0.05, 0) is 25.3 Å². The van der Waals surface area contributed by atoms with Gasteiger partial charge < -0.3 is 0 Å². The van der Waals surface area contributed by atoms with Crippen LogP contribution >= 0.6 is 22.9 Å². The molecule has 1 unspecified atom stereocenters. The van der Waals surface area contributed by atoms with Gasteiger partial charge >= 0.3 is 0 Å². The maximum atomic E-state index is 11.7. The van der Waals surface area contributed by atoms with Crippen molar-refractivity contribution in [3.8, 4) is 0 Å². The van der Waals surface area contributed by atoms with Gasteiger partial charge in [-0.3, -0.25) is 11.3 Å². The lowest BCUT2D eigenvalue weighted by molar-refractivity contribution is 0.433. The Kier molecular flexibility index (Phi) is 4.02. The van der Waals surface area contributed by atoms with E-state index < -0.39 is 20.6 Å². The lowest BCUT2D eigenvalue weighted by Crippen LogP contribution is -2.47. The number of sulfone groups is 1. The standard InChI is InChI=1S/C9H15ClN2O2S2/c1-9(2,16(3,13)14)8(12-11)7-6(10)4-5-15-7/h4-5,8,12H,11H2,1-3H3. The van der Waals surface area contributed by atoms with Crippen molar-refractivity contribution >= 4 is 32.8 Å². The van der Waals surface area contributed by atoms with Crippen molar-refractivity contribution in [3.63, 3.8) is 0 Å². The number of nitrogens with two attached hydrogens (primary N) is 1. The van der Waals surface area contributed by atoms with Crippen molar-refractivity contribution < 1.29 is 8.42 Å². The molecule has 0 spiro atoms. The highest BCUT2D eigenvalue weighted by Gasteiger charge is 2.40. The fourth-order valence-corrected chi connectivity index (χ4v) is 3.42. The molecule has 1 aromatic heterocycles. The number of nitrogens with one attached hydrogen (secondary N) is 1. The largest absolute Gasteiger partial charge is 0.271 e. The molecule has 7 heteroatoms. The average molecular weight is 283 g/mol. The second kappa shape index (κ2) is 4.62. The predicted molar refractivity (Wildman–Crippen MR) is 68.3 cm³/mol. The van der Waals surface area contributed by atoms with Crippen LogP contribution in [0.4, 0.5) is 0 Å². The number of thiophene rings is 1. The number of hydrazine groups is 1. The maximum absolute atomic E-state index is 11.7. The first kappa shape index (κ1) is 13.9. The maximum Gasteiger partial charge on any atom is 0.154 e. The van der Waals surface area contributed by atoms with Crippen LogP contribution < -0.4 is 11.3 Å². The molecule has 0 aliphatic rings. The van der Waals surface area contributed by atoms with Crippen molar-refractivity contribution in [2.45, 2.75) is 24.6 Å². The van der Waals surface area contributed by atoms with E-state index in [9.17, 15) is 8.42 Å². The third-order valence-corrected chi connectivity index (χ3v) is 6.29. The summed E-state index contributed by atoms with van der Waals surface area (Å²) in [7, 11) is -3.25. The van der Waals surface area contributed by atoms with E-state index in [1.54, 1.807) is 25.3 Å². The van der Waals surface area contributed by atoms with Crippen LogP contribution in [0, 0.1) is 0 Å². The summed E-state index contributed by atoms with van der Waals surface area (Å²) >= 11 is 7.38. The predicted octanol–water partition coefficient (Wildman–Crippen LogP) is 1.73. The van der Waals surface area contributed by atoms with E-state index in [-0.39, 0.29) is 0 Å². The summed E-state index contributed by atoms with van der Waals surface area (Å²) < 4.78 is 22.4. The quantitative estimate of drug-likeness (QED) is 0.652. The summed E-state index contributed by atoms with van der Waals surface area (Å²) in [6.07, 6.45) is 1.19. The highest BCUT2D eigenvalue weighted by molar-refractivity contribution is 7.92. The van der Waals surface area contributed by atoms with E-state index in [1.165, 1.54) is 17.6 Å². The van der Waals surface area contributed by atoms with Crippen molar-refractivity contribution in [2.75, 3.05) is 6.26 Å². The van der Waals surface area contributed by atoms with Gasteiger partial charge in [-0.15, -0.1) is 11.3 Å². The number of hydrogen-bond donors (Lipinski definition) is 2. The Morgan fingerprint density at radius 1 is 1.56 bits per heavy atom. The van der Waals surface area contributed by atoms with Gasteiger partial charge in [0.15, 0.2) is 9.84 Å². The summed E-state index contributed by atoms with van der Waals surface area (Å²) in [4.78, 5) is 0.736. The number of rotatable bonds is 4. The molecular weight excluding hydrogens is 268 g/mol. The van der Waals surface area contributed by atoms with Crippen LogP contribution in [0.2, 0.25) is 5.02 Å². The van der Waals surface area contributed by atoms with Gasteiger partial charge in [-0.2, -0.15) is 0 Å². The first-order valence-corrected chi connectivity index (χ1v) is 7.75. The zero-order valence-corrected chi connectivity index (χ0v) is 11.7. The summed E-state index contributed by atoms with van der Waals surface area (Å²) in [5, 5.41) is 2.34. The lowest BCUT2D eigenvalue weighted by Gasteiger charge is -2.31. The molecule has 0 aliphatic heterocycles. The fraction of sp³-hybridized carbons (Fsp3) is 0.556. The molecule has 4 nitrogen and oxygen atoms in total. The lowest BCUT2D eigenvalue weighted by atomic mass is 10.0. The van der Waals surface area contributed by atoms with Crippen molar-refractivity contribution in [3.05, 3.63) is 21.3 Å². The molecule has 0 amide bonds. The van der Waals surface area contributed by atoms with Gasteiger partial charge in [-0.25, -0.2) is 8.42 Å². The molecule has 0 saturated carbocycles. The molecule has 1 rings (SSSR count). The van der Waals surface area contributed by atoms with Gasteiger partial charge in [0, 0.05) is 11.1 Å². The summed E-state index contributed by atoms with van der Waals surface area (Å²) in [6, 6.07) is 1.21. The molecule has 0 saturated heterocycles. The van der Waals surface area contributed by atoms with Gasteiger partial charge in [0.2, 0.25) is 0 Å². The molecule has 0 fully saturated rings. The van der Waals surface area contributed by atoms with Gasteiger partial charge in [0.05, 0.1) is 15.8 Å². The minimum atomic E-state index is -3.25. The third-order valence-electron chi connectivity index (χ3n) is 2.72. The van der Waals surface area contributed by atoms with E-state index in [0.717, 1.165) is 4.88 Å². The third kappa shape index (κ3) is 2.41.